The number of hydrogen-bond donors (Lipinski definition) is 1. The van der Waals surface area contributed by atoms with Crippen molar-refractivity contribution in [1.82, 2.24) is 5.32 Å². The second-order valence-electron chi connectivity index (χ2n) is 7.79. The summed E-state index contributed by atoms with van der Waals surface area (Å²) in [4.78, 5) is 12.2. The van der Waals surface area contributed by atoms with Crippen LogP contribution in [0.3, 0.4) is 0 Å². The van der Waals surface area contributed by atoms with Crippen LogP contribution in [0.1, 0.15) is 50.3 Å². The van der Waals surface area contributed by atoms with E-state index in [4.69, 9.17) is 16.3 Å². The zero-order valence-electron chi connectivity index (χ0n) is 16.2. The number of amides is 1. The van der Waals surface area contributed by atoms with E-state index in [0.29, 0.717) is 0 Å². The highest BCUT2D eigenvalue weighted by Crippen LogP contribution is 2.26. The van der Waals surface area contributed by atoms with Gasteiger partial charge in [-0.1, -0.05) is 53.6 Å². The highest BCUT2D eigenvalue weighted by Gasteiger charge is 2.24. The number of rotatable bonds is 5. The van der Waals surface area contributed by atoms with Crippen molar-refractivity contribution < 1.29 is 9.53 Å². The van der Waals surface area contributed by atoms with Gasteiger partial charge < -0.3 is 10.1 Å². The number of halogens is 1. The monoisotopic (exact) mass is 373 g/mol. The quantitative estimate of drug-likeness (QED) is 0.709. The van der Waals surface area contributed by atoms with E-state index in [1.807, 2.05) is 52.0 Å². The van der Waals surface area contributed by atoms with Crippen molar-refractivity contribution >= 4 is 17.7 Å². The van der Waals surface area contributed by atoms with E-state index in [-0.39, 0.29) is 12.0 Å². The Labute approximate surface area is 161 Å². The Balaban J connectivity index is 2.22. The summed E-state index contributed by atoms with van der Waals surface area (Å²) in [6.45, 7) is 9.69. The number of hydrogen-bond acceptors (Lipinski definition) is 2. The van der Waals surface area contributed by atoms with Crippen LogP contribution in [0, 0.1) is 6.92 Å². The first-order valence-corrected chi connectivity index (χ1v) is 9.32. The standard InChI is InChI=1S/C22H28ClNO2/c1-15-7-6-8-18(13-15)20(14-17-9-11-19(23)12-10-17)16(2)24-21(25)26-22(3,4)5/h6-13,16,20H,14H2,1-5H3,(H,24,25). The minimum absolute atomic E-state index is 0.0812. The summed E-state index contributed by atoms with van der Waals surface area (Å²) < 4.78 is 5.42. The van der Waals surface area contributed by atoms with Crippen LogP contribution < -0.4 is 5.32 Å². The molecular formula is C22H28ClNO2. The van der Waals surface area contributed by atoms with Crippen molar-refractivity contribution in [2.75, 3.05) is 0 Å². The molecule has 2 rings (SSSR count). The first-order valence-electron chi connectivity index (χ1n) is 8.94. The molecule has 0 radical (unpaired) electrons. The Morgan fingerprint density at radius 2 is 1.81 bits per heavy atom. The van der Waals surface area contributed by atoms with Crippen LogP contribution in [0.25, 0.3) is 0 Å². The fourth-order valence-corrected chi connectivity index (χ4v) is 3.08. The number of aryl methyl sites for hydroxylation is 1. The van der Waals surface area contributed by atoms with Gasteiger partial charge >= 0.3 is 6.09 Å². The van der Waals surface area contributed by atoms with Gasteiger partial charge in [-0.2, -0.15) is 0 Å². The van der Waals surface area contributed by atoms with Crippen molar-refractivity contribution in [3.05, 3.63) is 70.2 Å². The third-order valence-corrected chi connectivity index (χ3v) is 4.44. The molecule has 26 heavy (non-hydrogen) atoms. The molecule has 0 bridgehead atoms. The molecule has 2 atom stereocenters. The van der Waals surface area contributed by atoms with Gasteiger partial charge in [0.2, 0.25) is 0 Å². The topological polar surface area (TPSA) is 38.3 Å². The lowest BCUT2D eigenvalue weighted by molar-refractivity contribution is 0.0501. The fraction of sp³-hybridized carbons (Fsp3) is 0.409. The predicted molar refractivity (Wildman–Crippen MR) is 108 cm³/mol. The minimum atomic E-state index is -0.515. The molecule has 0 fully saturated rings. The van der Waals surface area contributed by atoms with Gasteiger partial charge in [0.05, 0.1) is 0 Å². The Kier molecular flexibility index (Phi) is 6.71. The molecule has 0 saturated carbocycles. The van der Waals surface area contributed by atoms with Crippen LogP contribution in [0.2, 0.25) is 5.02 Å². The minimum Gasteiger partial charge on any atom is -0.444 e. The largest absolute Gasteiger partial charge is 0.444 e. The van der Waals surface area contributed by atoms with Crippen LogP contribution in [-0.4, -0.2) is 17.7 Å². The summed E-state index contributed by atoms with van der Waals surface area (Å²) in [6, 6.07) is 16.2. The van der Waals surface area contributed by atoms with Crippen LogP contribution >= 0.6 is 11.6 Å². The lowest BCUT2D eigenvalue weighted by Gasteiger charge is -2.28. The summed E-state index contributed by atoms with van der Waals surface area (Å²) in [6.07, 6.45) is 0.413. The Morgan fingerprint density at radius 1 is 1.15 bits per heavy atom. The van der Waals surface area contributed by atoms with Crippen molar-refractivity contribution in [2.24, 2.45) is 0 Å². The Morgan fingerprint density at radius 3 is 2.38 bits per heavy atom. The molecule has 2 aromatic carbocycles. The van der Waals surface area contributed by atoms with Gasteiger partial charge in [0.15, 0.2) is 0 Å². The van der Waals surface area contributed by atoms with Crippen molar-refractivity contribution in [1.29, 1.82) is 0 Å². The maximum absolute atomic E-state index is 12.2. The summed E-state index contributed by atoms with van der Waals surface area (Å²) in [5.41, 5.74) is 3.06. The second kappa shape index (κ2) is 8.59. The summed E-state index contributed by atoms with van der Waals surface area (Å²) >= 11 is 6.01. The highest BCUT2D eigenvalue weighted by molar-refractivity contribution is 6.30. The fourth-order valence-electron chi connectivity index (χ4n) is 2.95. The van der Waals surface area contributed by atoms with E-state index in [1.54, 1.807) is 0 Å². The first-order chi connectivity index (χ1) is 12.1. The van der Waals surface area contributed by atoms with E-state index in [2.05, 4.69) is 36.5 Å². The van der Waals surface area contributed by atoms with E-state index in [1.165, 1.54) is 16.7 Å². The van der Waals surface area contributed by atoms with Crippen LogP contribution in [0.5, 0.6) is 0 Å². The maximum Gasteiger partial charge on any atom is 0.407 e. The van der Waals surface area contributed by atoms with Gasteiger partial charge in [-0.15, -0.1) is 0 Å². The molecule has 0 aliphatic rings. The number of ether oxygens (including phenoxy) is 1. The average Bonchev–Trinajstić information content (AvgIpc) is 2.52. The smallest absolute Gasteiger partial charge is 0.407 e. The van der Waals surface area contributed by atoms with Gasteiger partial charge in [0, 0.05) is 17.0 Å². The molecule has 3 nitrogen and oxygen atoms in total. The normalized spacial score (nSPS) is 13.8. The molecule has 1 amide bonds. The van der Waals surface area contributed by atoms with E-state index in [9.17, 15) is 4.79 Å². The lowest BCUT2D eigenvalue weighted by atomic mass is 9.86. The average molecular weight is 374 g/mol. The first kappa shape index (κ1) is 20.3. The van der Waals surface area contributed by atoms with Gasteiger partial charge in [0.1, 0.15) is 5.60 Å². The number of benzene rings is 2. The van der Waals surface area contributed by atoms with Gasteiger partial charge in [-0.05, 0) is 64.3 Å². The van der Waals surface area contributed by atoms with E-state index >= 15 is 0 Å². The zero-order valence-corrected chi connectivity index (χ0v) is 16.9. The van der Waals surface area contributed by atoms with Gasteiger partial charge in [-0.3, -0.25) is 0 Å². The molecule has 0 spiro atoms. The molecule has 2 unspecified atom stereocenters. The summed E-state index contributed by atoms with van der Waals surface area (Å²) in [7, 11) is 0. The van der Waals surface area contributed by atoms with Gasteiger partial charge in [-0.25, -0.2) is 4.79 Å². The SMILES string of the molecule is Cc1cccc(C(Cc2ccc(Cl)cc2)C(C)NC(=O)OC(C)(C)C)c1. The number of alkyl carbamates (subject to hydrolysis) is 1. The van der Waals surface area contributed by atoms with Crippen molar-refractivity contribution in [3.63, 3.8) is 0 Å². The number of carbonyl (C=O) groups excluding carboxylic acids is 1. The van der Waals surface area contributed by atoms with Crippen molar-refractivity contribution in [2.45, 2.75) is 58.6 Å². The zero-order chi connectivity index (χ0) is 19.3. The molecule has 0 aromatic heterocycles. The second-order valence-corrected chi connectivity index (χ2v) is 8.22. The summed E-state index contributed by atoms with van der Waals surface area (Å²) in [5, 5.41) is 3.72. The number of carbonyl (C=O) groups is 1. The van der Waals surface area contributed by atoms with Crippen LogP contribution in [0.4, 0.5) is 4.79 Å². The molecule has 0 heterocycles. The molecule has 2 aromatic rings. The molecule has 1 N–H and O–H groups in total. The molecular weight excluding hydrogens is 346 g/mol. The van der Waals surface area contributed by atoms with Crippen molar-refractivity contribution in [3.8, 4) is 0 Å². The predicted octanol–water partition coefficient (Wildman–Crippen LogP) is 5.89. The van der Waals surface area contributed by atoms with E-state index in [0.717, 1.165) is 11.4 Å². The lowest BCUT2D eigenvalue weighted by Crippen LogP contribution is -2.41. The molecule has 140 valence electrons. The maximum atomic E-state index is 12.2. The Bertz CT molecular complexity index is 735. The molecule has 0 aliphatic carbocycles. The molecule has 0 saturated heterocycles. The van der Waals surface area contributed by atoms with Gasteiger partial charge in [0.25, 0.3) is 0 Å². The third kappa shape index (κ3) is 6.38. The van der Waals surface area contributed by atoms with E-state index < -0.39 is 11.7 Å². The third-order valence-electron chi connectivity index (χ3n) is 4.19. The molecule has 4 heteroatoms. The summed E-state index contributed by atoms with van der Waals surface area (Å²) in [5.74, 6) is 0.128. The molecule has 0 aliphatic heterocycles. The van der Waals surface area contributed by atoms with Crippen LogP contribution in [-0.2, 0) is 11.2 Å². The number of nitrogens with one attached hydrogen (secondary N) is 1. The Hall–Kier alpha value is -2.00. The van der Waals surface area contributed by atoms with Crippen LogP contribution in [0.15, 0.2) is 48.5 Å². The highest BCUT2D eigenvalue weighted by atomic mass is 35.5.